The third-order valence-electron chi connectivity index (χ3n) is 2.27. The van der Waals surface area contributed by atoms with Crippen molar-refractivity contribution >= 4 is 5.91 Å². The van der Waals surface area contributed by atoms with Gasteiger partial charge in [0.2, 0.25) is 0 Å². The first-order valence-electron chi connectivity index (χ1n) is 4.06. The maximum absolute atomic E-state index is 11.5. The lowest BCUT2D eigenvalue weighted by Gasteiger charge is -2.19. The van der Waals surface area contributed by atoms with Crippen LogP contribution in [-0.2, 0) is 14.4 Å². The fraction of sp³-hybridized carbons (Fsp3) is 0.875. The highest BCUT2D eigenvalue weighted by atomic mass is 16.7. The Morgan fingerprint density at radius 2 is 2.25 bits per heavy atom. The molecule has 1 amide bonds. The lowest BCUT2D eigenvalue weighted by atomic mass is 9.97. The van der Waals surface area contributed by atoms with Crippen LogP contribution < -0.4 is 0 Å². The van der Waals surface area contributed by atoms with E-state index in [1.807, 2.05) is 6.92 Å². The molecular formula is C8H15NO3. The van der Waals surface area contributed by atoms with Crippen molar-refractivity contribution in [1.29, 1.82) is 0 Å². The SMILES string of the molecule is CON(C)C(=O)[C@@H]1COC[C@H]1C. The molecule has 1 rings (SSSR count). The summed E-state index contributed by atoms with van der Waals surface area (Å²) < 4.78 is 5.18. The molecule has 0 saturated carbocycles. The van der Waals surface area contributed by atoms with Gasteiger partial charge in [0.15, 0.2) is 0 Å². The molecule has 1 fully saturated rings. The van der Waals surface area contributed by atoms with Gasteiger partial charge in [-0.3, -0.25) is 9.63 Å². The number of carbonyl (C=O) groups is 1. The number of nitrogens with zero attached hydrogens (tertiary/aromatic N) is 1. The quantitative estimate of drug-likeness (QED) is 0.563. The van der Waals surface area contributed by atoms with Crippen LogP contribution in [0.3, 0.4) is 0 Å². The molecule has 0 aromatic carbocycles. The van der Waals surface area contributed by atoms with Crippen molar-refractivity contribution in [3.8, 4) is 0 Å². The van der Waals surface area contributed by atoms with Gasteiger partial charge in [0.25, 0.3) is 5.91 Å². The number of hydrogen-bond donors (Lipinski definition) is 0. The second kappa shape index (κ2) is 3.87. The van der Waals surface area contributed by atoms with Crippen molar-refractivity contribution < 1.29 is 14.4 Å². The minimum atomic E-state index is -0.0325. The van der Waals surface area contributed by atoms with Gasteiger partial charge in [0.05, 0.1) is 26.2 Å². The van der Waals surface area contributed by atoms with Gasteiger partial charge >= 0.3 is 0 Å². The number of hydroxylamine groups is 2. The van der Waals surface area contributed by atoms with Crippen molar-refractivity contribution in [1.82, 2.24) is 5.06 Å². The summed E-state index contributed by atoms with van der Waals surface area (Å²) in [4.78, 5) is 16.3. The lowest BCUT2D eigenvalue weighted by Crippen LogP contribution is -2.34. The number of carbonyl (C=O) groups excluding carboxylic acids is 1. The van der Waals surface area contributed by atoms with Crippen LogP contribution in [0.4, 0.5) is 0 Å². The van der Waals surface area contributed by atoms with Crippen LogP contribution in [0.1, 0.15) is 6.92 Å². The third-order valence-corrected chi connectivity index (χ3v) is 2.27. The van der Waals surface area contributed by atoms with Crippen molar-refractivity contribution in [3.63, 3.8) is 0 Å². The highest BCUT2D eigenvalue weighted by Gasteiger charge is 2.32. The third kappa shape index (κ3) is 1.76. The summed E-state index contributed by atoms with van der Waals surface area (Å²) in [6.07, 6.45) is 0. The molecule has 0 radical (unpaired) electrons. The Hall–Kier alpha value is -0.610. The van der Waals surface area contributed by atoms with Gasteiger partial charge in [-0.25, -0.2) is 5.06 Å². The largest absolute Gasteiger partial charge is 0.380 e. The molecule has 0 aromatic rings. The average molecular weight is 173 g/mol. The Labute approximate surface area is 72.4 Å². The van der Waals surface area contributed by atoms with Gasteiger partial charge in [-0.2, -0.15) is 0 Å². The van der Waals surface area contributed by atoms with Crippen LogP contribution >= 0.6 is 0 Å². The van der Waals surface area contributed by atoms with Gasteiger partial charge < -0.3 is 4.74 Å². The van der Waals surface area contributed by atoms with Gasteiger partial charge in [-0.05, 0) is 5.92 Å². The zero-order chi connectivity index (χ0) is 9.14. The van der Waals surface area contributed by atoms with Crippen LogP contribution in [0.2, 0.25) is 0 Å². The molecule has 12 heavy (non-hydrogen) atoms. The van der Waals surface area contributed by atoms with E-state index in [1.54, 1.807) is 7.05 Å². The number of rotatable bonds is 2. The molecule has 0 spiro atoms. The molecule has 0 aromatic heterocycles. The zero-order valence-corrected chi connectivity index (χ0v) is 7.74. The second-order valence-electron chi connectivity index (χ2n) is 3.14. The van der Waals surface area contributed by atoms with E-state index < -0.39 is 0 Å². The van der Waals surface area contributed by atoms with E-state index in [0.29, 0.717) is 19.1 Å². The Kier molecular flexibility index (Phi) is 3.05. The van der Waals surface area contributed by atoms with Crippen molar-refractivity contribution in [3.05, 3.63) is 0 Å². The van der Waals surface area contributed by atoms with E-state index in [9.17, 15) is 4.79 Å². The maximum atomic E-state index is 11.5. The molecule has 4 heteroatoms. The standard InChI is InChI=1S/C8H15NO3/c1-6-4-12-5-7(6)8(10)9(2)11-3/h6-7H,4-5H2,1-3H3/t6-,7-/m1/s1. The van der Waals surface area contributed by atoms with Crippen LogP contribution in [0.15, 0.2) is 0 Å². The molecule has 1 aliphatic heterocycles. The van der Waals surface area contributed by atoms with Crippen molar-refractivity contribution in [2.75, 3.05) is 27.4 Å². The summed E-state index contributed by atoms with van der Waals surface area (Å²) in [5.74, 6) is 0.271. The molecule has 1 saturated heterocycles. The minimum Gasteiger partial charge on any atom is -0.380 e. The Morgan fingerprint density at radius 3 is 2.67 bits per heavy atom. The summed E-state index contributed by atoms with van der Waals surface area (Å²) in [6.45, 7) is 3.21. The molecule has 0 bridgehead atoms. The van der Waals surface area contributed by atoms with E-state index in [-0.39, 0.29) is 11.8 Å². The topological polar surface area (TPSA) is 38.8 Å². The first-order chi connectivity index (χ1) is 5.66. The molecule has 0 unspecified atom stereocenters. The molecule has 0 aliphatic carbocycles. The predicted octanol–water partition coefficient (Wildman–Crippen LogP) is 0.289. The van der Waals surface area contributed by atoms with E-state index in [2.05, 4.69) is 0 Å². The monoisotopic (exact) mass is 173 g/mol. The Morgan fingerprint density at radius 1 is 1.58 bits per heavy atom. The van der Waals surface area contributed by atoms with E-state index in [4.69, 9.17) is 9.57 Å². The number of amides is 1. The fourth-order valence-electron chi connectivity index (χ4n) is 1.30. The number of ether oxygens (including phenoxy) is 1. The summed E-state index contributed by atoms with van der Waals surface area (Å²) in [5.41, 5.74) is 0. The van der Waals surface area contributed by atoms with Crippen LogP contribution in [0, 0.1) is 11.8 Å². The van der Waals surface area contributed by atoms with Crippen LogP contribution in [0.25, 0.3) is 0 Å². The van der Waals surface area contributed by atoms with Gasteiger partial charge in [0.1, 0.15) is 0 Å². The zero-order valence-electron chi connectivity index (χ0n) is 7.74. The first-order valence-corrected chi connectivity index (χ1v) is 4.06. The molecule has 70 valence electrons. The fourth-order valence-corrected chi connectivity index (χ4v) is 1.30. The summed E-state index contributed by atoms with van der Waals surface area (Å²) in [5, 5.41) is 1.26. The van der Waals surface area contributed by atoms with Crippen LogP contribution in [0.5, 0.6) is 0 Å². The highest BCUT2D eigenvalue weighted by Crippen LogP contribution is 2.21. The van der Waals surface area contributed by atoms with Crippen molar-refractivity contribution in [2.24, 2.45) is 11.8 Å². The highest BCUT2D eigenvalue weighted by molar-refractivity contribution is 5.78. The number of hydrogen-bond acceptors (Lipinski definition) is 3. The normalized spacial score (nSPS) is 28.9. The summed E-state index contributed by atoms with van der Waals surface area (Å²) in [6, 6.07) is 0. The lowest BCUT2D eigenvalue weighted by molar-refractivity contribution is -0.174. The molecule has 1 aliphatic rings. The second-order valence-corrected chi connectivity index (χ2v) is 3.14. The molecular weight excluding hydrogens is 158 g/mol. The average Bonchev–Trinajstić information content (AvgIpc) is 2.48. The van der Waals surface area contributed by atoms with Crippen molar-refractivity contribution in [2.45, 2.75) is 6.92 Å². The Bertz CT molecular complexity index is 172. The Balaban J connectivity index is 2.51. The van der Waals surface area contributed by atoms with E-state index in [1.165, 1.54) is 12.2 Å². The van der Waals surface area contributed by atoms with Gasteiger partial charge in [0, 0.05) is 7.05 Å². The summed E-state index contributed by atoms with van der Waals surface area (Å²) in [7, 11) is 3.10. The minimum absolute atomic E-state index is 0.00231. The van der Waals surface area contributed by atoms with Gasteiger partial charge in [-0.1, -0.05) is 6.92 Å². The summed E-state index contributed by atoms with van der Waals surface area (Å²) >= 11 is 0. The predicted molar refractivity (Wildman–Crippen MR) is 43.3 cm³/mol. The molecule has 1 heterocycles. The van der Waals surface area contributed by atoms with E-state index in [0.717, 1.165) is 0 Å². The van der Waals surface area contributed by atoms with E-state index >= 15 is 0 Å². The first kappa shape index (κ1) is 9.48. The molecule has 2 atom stereocenters. The maximum Gasteiger partial charge on any atom is 0.251 e. The van der Waals surface area contributed by atoms with Gasteiger partial charge in [-0.15, -0.1) is 0 Å². The molecule has 0 N–H and O–H groups in total. The smallest absolute Gasteiger partial charge is 0.251 e. The van der Waals surface area contributed by atoms with Crippen LogP contribution in [-0.4, -0.2) is 38.3 Å². The molecule has 4 nitrogen and oxygen atoms in total.